The molecule has 0 atom stereocenters. The Morgan fingerprint density at radius 2 is 1.65 bits per heavy atom. The molecular formula is C15H15N5O2S. The summed E-state index contributed by atoms with van der Waals surface area (Å²) in [5.41, 5.74) is 0.826. The zero-order valence-corrected chi connectivity index (χ0v) is 13.6. The smallest absolute Gasteiger partial charge is 0.272 e. The van der Waals surface area contributed by atoms with Gasteiger partial charge in [0.05, 0.1) is 11.1 Å². The molecule has 0 aliphatic carbocycles. The minimum Gasteiger partial charge on any atom is -0.356 e. The van der Waals surface area contributed by atoms with Gasteiger partial charge in [0.2, 0.25) is 0 Å². The highest BCUT2D eigenvalue weighted by atomic mass is 32.2. The number of nitrogens with zero attached hydrogens (tertiary/aromatic N) is 5. The Hall–Kier alpha value is -2.48. The van der Waals surface area contributed by atoms with Crippen LogP contribution in [0.15, 0.2) is 35.4 Å². The first-order valence-corrected chi connectivity index (χ1v) is 8.04. The number of carbonyl (C=O) groups is 2. The molecule has 8 heteroatoms. The molecule has 0 unspecified atom stereocenters. The first-order valence-electron chi connectivity index (χ1n) is 7.26. The third kappa shape index (κ3) is 2.77. The van der Waals surface area contributed by atoms with E-state index in [1.165, 1.54) is 0 Å². The summed E-state index contributed by atoms with van der Waals surface area (Å²) in [4.78, 5) is 26.7. The van der Waals surface area contributed by atoms with E-state index in [0.717, 1.165) is 29.3 Å². The van der Waals surface area contributed by atoms with Gasteiger partial charge in [-0.3, -0.25) is 9.59 Å². The molecule has 7 nitrogen and oxygen atoms in total. The van der Waals surface area contributed by atoms with Gasteiger partial charge in [-0.25, -0.2) is 4.31 Å². The van der Waals surface area contributed by atoms with E-state index >= 15 is 0 Å². The number of hydrogen-bond donors (Lipinski definition) is 0. The van der Waals surface area contributed by atoms with Crippen molar-refractivity contribution in [2.24, 2.45) is 0 Å². The molecule has 0 saturated heterocycles. The maximum atomic E-state index is 12.4. The van der Waals surface area contributed by atoms with Crippen LogP contribution in [0.25, 0.3) is 0 Å². The highest BCUT2D eigenvalue weighted by Crippen LogP contribution is 2.32. The molecule has 2 amide bonds. The Bertz CT molecular complexity index is 728. The number of imide groups is 1. The Kier molecular flexibility index (Phi) is 4.24. The third-order valence-corrected chi connectivity index (χ3v) is 4.47. The fourth-order valence-corrected chi connectivity index (χ4v) is 3.15. The van der Waals surface area contributed by atoms with Crippen molar-refractivity contribution in [2.45, 2.75) is 18.9 Å². The zero-order valence-electron chi connectivity index (χ0n) is 12.8. The van der Waals surface area contributed by atoms with E-state index in [1.54, 1.807) is 30.3 Å². The van der Waals surface area contributed by atoms with Crippen LogP contribution >= 0.6 is 11.9 Å². The maximum absolute atomic E-state index is 12.4. The number of benzene rings is 1. The Labute approximate surface area is 137 Å². The highest BCUT2D eigenvalue weighted by molar-refractivity contribution is 7.98. The molecule has 1 aromatic heterocycles. The summed E-state index contributed by atoms with van der Waals surface area (Å²) >= 11 is 0.971. The summed E-state index contributed by atoms with van der Waals surface area (Å²) in [6, 6.07) is 8.51. The van der Waals surface area contributed by atoms with E-state index in [-0.39, 0.29) is 11.8 Å². The molecular weight excluding hydrogens is 314 g/mol. The van der Waals surface area contributed by atoms with Gasteiger partial charge in [-0.15, -0.1) is 10.2 Å². The van der Waals surface area contributed by atoms with Crippen LogP contribution < -0.4 is 4.90 Å². The monoisotopic (exact) mass is 329 g/mol. The lowest BCUT2D eigenvalue weighted by molar-refractivity contribution is 0.0777. The van der Waals surface area contributed by atoms with Gasteiger partial charge >= 0.3 is 0 Å². The number of fused-ring (bicyclic) bond motifs is 1. The minimum absolute atomic E-state index is 0.335. The molecule has 2 heterocycles. The van der Waals surface area contributed by atoms with Crippen LogP contribution in [0.1, 0.15) is 34.6 Å². The molecule has 1 aromatic carbocycles. The number of hydrogen-bond acceptors (Lipinski definition) is 7. The van der Waals surface area contributed by atoms with E-state index in [2.05, 4.69) is 15.4 Å². The molecule has 2 aromatic rings. The van der Waals surface area contributed by atoms with Crippen LogP contribution in [0, 0.1) is 0 Å². The van der Waals surface area contributed by atoms with Crippen molar-refractivity contribution in [1.82, 2.24) is 19.7 Å². The van der Waals surface area contributed by atoms with Gasteiger partial charge in [0.1, 0.15) is 5.03 Å². The number of aromatic nitrogens is 3. The molecule has 0 saturated carbocycles. The molecule has 1 aliphatic heterocycles. The van der Waals surface area contributed by atoms with Crippen molar-refractivity contribution >= 4 is 29.6 Å². The Morgan fingerprint density at radius 3 is 2.22 bits per heavy atom. The van der Waals surface area contributed by atoms with Gasteiger partial charge in [-0.05, 0) is 31.2 Å². The first-order chi connectivity index (χ1) is 11.2. The number of rotatable bonds is 5. The predicted molar refractivity (Wildman–Crippen MR) is 86.2 cm³/mol. The van der Waals surface area contributed by atoms with E-state index < -0.39 is 0 Å². The molecule has 3 rings (SSSR count). The average molecular weight is 329 g/mol. The van der Waals surface area contributed by atoms with Gasteiger partial charge in [0.15, 0.2) is 5.82 Å². The molecule has 0 spiro atoms. The summed E-state index contributed by atoms with van der Waals surface area (Å²) in [6.07, 6.45) is 0. The molecule has 0 bridgehead atoms. The lowest BCUT2D eigenvalue weighted by atomic mass is 10.1. The normalized spacial score (nSPS) is 13.4. The molecule has 1 aliphatic rings. The lowest BCUT2D eigenvalue weighted by Gasteiger charge is -2.19. The van der Waals surface area contributed by atoms with Crippen LogP contribution in [-0.4, -0.2) is 44.6 Å². The SMILES string of the molecule is CCN(CC)c1cc(SN2C(=O)c3ccccc3C2=O)nnn1. The number of carbonyl (C=O) groups excluding carboxylic acids is 2. The van der Waals surface area contributed by atoms with Crippen molar-refractivity contribution in [3.63, 3.8) is 0 Å². The fraction of sp³-hybridized carbons (Fsp3) is 0.267. The van der Waals surface area contributed by atoms with Crippen molar-refractivity contribution in [3.8, 4) is 0 Å². The molecule has 0 fully saturated rings. The summed E-state index contributed by atoms with van der Waals surface area (Å²) in [6.45, 7) is 5.60. The van der Waals surface area contributed by atoms with Crippen LogP contribution in [0.3, 0.4) is 0 Å². The van der Waals surface area contributed by atoms with Gasteiger partial charge < -0.3 is 4.90 Å². The predicted octanol–water partition coefficient (Wildman–Crippen LogP) is 2.02. The van der Waals surface area contributed by atoms with Gasteiger partial charge in [0.25, 0.3) is 11.8 Å². The second kappa shape index (κ2) is 6.33. The molecule has 118 valence electrons. The summed E-state index contributed by atoms with van der Waals surface area (Å²) in [5.74, 6) is 0.00121. The van der Waals surface area contributed by atoms with Crippen LogP contribution in [0.4, 0.5) is 5.82 Å². The average Bonchev–Trinajstić information content (AvgIpc) is 2.82. The number of amides is 2. The van der Waals surface area contributed by atoms with Crippen molar-refractivity contribution in [3.05, 3.63) is 41.5 Å². The first kappa shape index (κ1) is 15.4. The lowest BCUT2D eigenvalue weighted by Crippen LogP contribution is -2.24. The summed E-state index contributed by atoms with van der Waals surface area (Å²) < 4.78 is 1.11. The second-order valence-corrected chi connectivity index (χ2v) is 5.81. The van der Waals surface area contributed by atoms with Crippen molar-refractivity contribution in [2.75, 3.05) is 18.0 Å². The molecule has 0 radical (unpaired) electrons. The minimum atomic E-state index is -0.335. The molecule has 0 N–H and O–H groups in total. The number of anilines is 1. The topological polar surface area (TPSA) is 79.3 Å². The summed E-state index contributed by atoms with van der Waals surface area (Å²) in [5, 5.41) is 12.1. The van der Waals surface area contributed by atoms with Crippen LogP contribution in [0.2, 0.25) is 0 Å². The van der Waals surface area contributed by atoms with E-state index in [1.807, 2.05) is 18.7 Å². The summed E-state index contributed by atoms with van der Waals surface area (Å²) in [7, 11) is 0. The standard InChI is InChI=1S/C15H15N5O2S/c1-3-19(4-2)12-9-13(17-18-16-12)23-20-14(21)10-7-5-6-8-11(10)15(20)22/h5-9H,3-4H2,1-2H3. The highest BCUT2D eigenvalue weighted by Gasteiger charge is 2.36. The third-order valence-electron chi connectivity index (χ3n) is 3.57. The Morgan fingerprint density at radius 1 is 1.04 bits per heavy atom. The van der Waals surface area contributed by atoms with Crippen LogP contribution in [-0.2, 0) is 0 Å². The zero-order chi connectivity index (χ0) is 16.4. The largest absolute Gasteiger partial charge is 0.356 e. The Balaban J connectivity index is 1.85. The fourth-order valence-electron chi connectivity index (χ4n) is 2.37. The van der Waals surface area contributed by atoms with E-state index in [4.69, 9.17) is 0 Å². The van der Waals surface area contributed by atoms with Crippen molar-refractivity contribution in [1.29, 1.82) is 0 Å². The van der Waals surface area contributed by atoms with Crippen LogP contribution in [0.5, 0.6) is 0 Å². The molecule has 23 heavy (non-hydrogen) atoms. The van der Waals surface area contributed by atoms with Gasteiger partial charge in [-0.2, -0.15) is 0 Å². The van der Waals surface area contributed by atoms with Gasteiger partial charge in [-0.1, -0.05) is 12.1 Å². The van der Waals surface area contributed by atoms with E-state index in [0.29, 0.717) is 22.0 Å². The van der Waals surface area contributed by atoms with E-state index in [9.17, 15) is 9.59 Å². The van der Waals surface area contributed by atoms with Crippen molar-refractivity contribution < 1.29 is 9.59 Å². The second-order valence-electron chi connectivity index (χ2n) is 4.84. The maximum Gasteiger partial charge on any atom is 0.272 e. The quantitative estimate of drug-likeness (QED) is 0.613. The van der Waals surface area contributed by atoms with Gasteiger partial charge in [0, 0.05) is 31.1 Å².